The molecule has 18 heavy (non-hydrogen) atoms. The molecule has 104 valence electrons. The Morgan fingerprint density at radius 3 is 1.78 bits per heavy atom. The molecule has 0 aromatic rings. The molecule has 0 spiro atoms. The molecule has 0 saturated carbocycles. The summed E-state index contributed by atoms with van der Waals surface area (Å²) in [5, 5.41) is 3.44. The van der Waals surface area contributed by atoms with E-state index in [1.54, 1.807) is 0 Å². The highest BCUT2D eigenvalue weighted by atomic mass is 14.9. The zero-order valence-corrected chi connectivity index (χ0v) is 13.5. The van der Waals surface area contributed by atoms with Gasteiger partial charge in [0, 0.05) is 11.9 Å². The maximum absolute atomic E-state index is 3.44. The van der Waals surface area contributed by atoms with Gasteiger partial charge in [-0.15, -0.1) is 0 Å². The smallest absolute Gasteiger partial charge is 0.0210 e. The zero-order chi connectivity index (χ0) is 14.3. The molecule has 1 nitrogen and oxygen atoms in total. The highest BCUT2D eigenvalue weighted by Gasteiger charge is 2.20. The summed E-state index contributed by atoms with van der Waals surface area (Å²) in [6.07, 6.45) is 6.42. The van der Waals surface area contributed by atoms with Gasteiger partial charge in [-0.3, -0.25) is 0 Å². The Kier molecular flexibility index (Phi) is 7.73. The number of allylic oxidation sites excluding steroid dienone is 5. The van der Waals surface area contributed by atoms with Crippen molar-refractivity contribution >= 4 is 0 Å². The van der Waals surface area contributed by atoms with Crippen molar-refractivity contribution in [1.29, 1.82) is 0 Å². The van der Waals surface area contributed by atoms with Crippen LogP contribution in [0, 0.1) is 17.8 Å². The summed E-state index contributed by atoms with van der Waals surface area (Å²) in [6, 6.07) is 0. The molecule has 0 radical (unpaired) electrons. The molecule has 0 aliphatic carbocycles. The van der Waals surface area contributed by atoms with Crippen LogP contribution in [0.1, 0.15) is 55.4 Å². The molecule has 1 heteroatoms. The van der Waals surface area contributed by atoms with Gasteiger partial charge in [0.15, 0.2) is 0 Å². The summed E-state index contributed by atoms with van der Waals surface area (Å²) in [6.45, 7) is 17.6. The highest BCUT2D eigenvalue weighted by molar-refractivity contribution is 5.42. The first-order valence-electron chi connectivity index (χ1n) is 7.32. The van der Waals surface area contributed by atoms with Gasteiger partial charge in [-0.25, -0.2) is 0 Å². The number of hydrogen-bond acceptors (Lipinski definition) is 1. The van der Waals surface area contributed by atoms with E-state index in [1.807, 2.05) is 20.0 Å². The minimum absolute atomic E-state index is 0.544. The third-order valence-electron chi connectivity index (χ3n) is 2.99. The summed E-state index contributed by atoms with van der Waals surface area (Å²) < 4.78 is 0. The molecule has 1 aliphatic heterocycles. The minimum Gasteiger partial charge on any atom is -0.365 e. The topological polar surface area (TPSA) is 12.0 Å². The summed E-state index contributed by atoms with van der Waals surface area (Å²) in [5.74, 6) is 1.69. The Hall–Kier alpha value is -0.980. The quantitative estimate of drug-likeness (QED) is 0.717. The fourth-order valence-corrected chi connectivity index (χ4v) is 2.24. The summed E-state index contributed by atoms with van der Waals surface area (Å²) in [4.78, 5) is 0. The van der Waals surface area contributed by atoms with Crippen molar-refractivity contribution in [3.63, 3.8) is 0 Å². The normalized spacial score (nSPS) is 15.4. The van der Waals surface area contributed by atoms with E-state index >= 15 is 0 Å². The molecule has 0 aromatic carbocycles. The summed E-state index contributed by atoms with van der Waals surface area (Å²) in [7, 11) is 0. The van der Waals surface area contributed by atoms with Crippen molar-refractivity contribution in [3.05, 3.63) is 35.2 Å². The lowest BCUT2D eigenvalue weighted by Crippen LogP contribution is -2.18. The van der Waals surface area contributed by atoms with E-state index < -0.39 is 0 Å². The molecule has 1 N–H and O–H groups in total. The van der Waals surface area contributed by atoms with Crippen molar-refractivity contribution in [2.75, 3.05) is 0 Å². The van der Waals surface area contributed by atoms with Gasteiger partial charge < -0.3 is 5.32 Å². The Balaban J connectivity index is 0.00000137. The van der Waals surface area contributed by atoms with Gasteiger partial charge in [-0.2, -0.15) is 0 Å². The predicted octanol–water partition coefficient (Wildman–Crippen LogP) is 5.28. The van der Waals surface area contributed by atoms with Crippen LogP contribution in [0.15, 0.2) is 35.2 Å². The summed E-state index contributed by atoms with van der Waals surface area (Å²) >= 11 is 0. The van der Waals surface area contributed by atoms with Gasteiger partial charge >= 0.3 is 0 Å². The van der Waals surface area contributed by atoms with E-state index in [9.17, 15) is 0 Å². The predicted molar refractivity (Wildman–Crippen MR) is 83.2 cm³/mol. The highest BCUT2D eigenvalue weighted by Crippen LogP contribution is 2.31. The standard InChI is InChI=1S/C15H25N.C2H6/c1-10(2)13-8-7-9-16-15(12(5)6)14(13)11(3)4;1-2/h7-12,16H,1-6H3;1-2H3. The van der Waals surface area contributed by atoms with E-state index in [0.717, 1.165) is 0 Å². The Labute approximate surface area is 114 Å². The molecule has 0 fully saturated rings. The number of nitrogens with one attached hydrogen (secondary N) is 1. The van der Waals surface area contributed by atoms with Crippen LogP contribution in [0.3, 0.4) is 0 Å². The molecular formula is C17H31N. The van der Waals surface area contributed by atoms with Gasteiger partial charge in [0.05, 0.1) is 0 Å². The molecule has 0 saturated heterocycles. The molecule has 0 unspecified atom stereocenters. The monoisotopic (exact) mass is 249 g/mol. The van der Waals surface area contributed by atoms with Gasteiger partial charge in [0.25, 0.3) is 0 Å². The van der Waals surface area contributed by atoms with Gasteiger partial charge in [0.2, 0.25) is 0 Å². The van der Waals surface area contributed by atoms with Gasteiger partial charge in [0.1, 0.15) is 0 Å². The van der Waals surface area contributed by atoms with E-state index in [2.05, 4.69) is 59.0 Å². The maximum atomic E-state index is 3.44. The minimum atomic E-state index is 0.544. The second-order valence-corrected chi connectivity index (χ2v) is 5.42. The zero-order valence-electron chi connectivity index (χ0n) is 13.5. The molecular weight excluding hydrogens is 218 g/mol. The van der Waals surface area contributed by atoms with Crippen molar-refractivity contribution in [2.45, 2.75) is 55.4 Å². The van der Waals surface area contributed by atoms with Crippen LogP contribution in [-0.2, 0) is 0 Å². The number of rotatable bonds is 3. The fourth-order valence-electron chi connectivity index (χ4n) is 2.24. The van der Waals surface area contributed by atoms with E-state index in [-0.39, 0.29) is 0 Å². The lowest BCUT2D eigenvalue weighted by Gasteiger charge is -2.24. The Morgan fingerprint density at radius 2 is 1.39 bits per heavy atom. The third kappa shape index (κ3) is 4.36. The Bertz CT molecular complexity index is 328. The lowest BCUT2D eigenvalue weighted by atomic mass is 9.84. The van der Waals surface area contributed by atoms with Crippen molar-refractivity contribution in [2.24, 2.45) is 17.8 Å². The van der Waals surface area contributed by atoms with E-state index in [0.29, 0.717) is 17.8 Å². The van der Waals surface area contributed by atoms with Crippen LogP contribution in [0.25, 0.3) is 0 Å². The van der Waals surface area contributed by atoms with Gasteiger partial charge in [-0.05, 0) is 35.0 Å². The van der Waals surface area contributed by atoms with Gasteiger partial charge in [-0.1, -0.05) is 61.5 Å². The first kappa shape index (κ1) is 17.0. The fraction of sp³-hybridized carbons (Fsp3) is 0.647. The lowest BCUT2D eigenvalue weighted by molar-refractivity contribution is 0.636. The largest absolute Gasteiger partial charge is 0.365 e. The van der Waals surface area contributed by atoms with Crippen LogP contribution in [0.4, 0.5) is 0 Å². The first-order chi connectivity index (χ1) is 8.45. The molecule has 0 aromatic heterocycles. The molecule has 0 bridgehead atoms. The molecule has 1 heterocycles. The van der Waals surface area contributed by atoms with Crippen LogP contribution in [-0.4, -0.2) is 0 Å². The average Bonchev–Trinajstić information content (AvgIpc) is 2.53. The van der Waals surface area contributed by atoms with Crippen LogP contribution < -0.4 is 5.32 Å². The maximum Gasteiger partial charge on any atom is 0.0210 e. The Morgan fingerprint density at radius 1 is 0.833 bits per heavy atom. The molecule has 0 atom stereocenters. The average molecular weight is 249 g/mol. The summed E-state index contributed by atoms with van der Waals surface area (Å²) in [5.41, 5.74) is 4.35. The van der Waals surface area contributed by atoms with E-state index in [4.69, 9.17) is 0 Å². The van der Waals surface area contributed by atoms with Crippen LogP contribution in [0.2, 0.25) is 0 Å². The van der Waals surface area contributed by atoms with Crippen molar-refractivity contribution in [1.82, 2.24) is 5.32 Å². The SMILES string of the molecule is CC.CC(C)C1=CC=CNC(C(C)C)=C1C(C)C. The number of hydrogen-bond donors (Lipinski definition) is 1. The van der Waals surface area contributed by atoms with Crippen molar-refractivity contribution < 1.29 is 0 Å². The van der Waals surface area contributed by atoms with Crippen LogP contribution in [0.5, 0.6) is 0 Å². The van der Waals surface area contributed by atoms with Crippen molar-refractivity contribution in [3.8, 4) is 0 Å². The van der Waals surface area contributed by atoms with E-state index in [1.165, 1.54) is 16.8 Å². The van der Waals surface area contributed by atoms with Crippen LogP contribution >= 0.6 is 0 Å². The second-order valence-electron chi connectivity index (χ2n) is 5.42. The molecule has 1 rings (SSSR count). The first-order valence-corrected chi connectivity index (χ1v) is 7.32. The third-order valence-corrected chi connectivity index (χ3v) is 2.99. The molecule has 1 aliphatic rings. The molecule has 0 amide bonds. The second kappa shape index (κ2) is 8.18.